The normalized spacial score (nSPS) is 23.4. The fourth-order valence-electron chi connectivity index (χ4n) is 2.62. The first kappa shape index (κ1) is 11.5. The van der Waals surface area contributed by atoms with E-state index in [9.17, 15) is 4.79 Å². The lowest BCUT2D eigenvalue weighted by atomic mass is 9.91. The second-order valence-electron chi connectivity index (χ2n) is 5.01. The summed E-state index contributed by atoms with van der Waals surface area (Å²) in [5.41, 5.74) is 0.553. The van der Waals surface area contributed by atoms with Crippen LogP contribution in [0.4, 0.5) is 10.5 Å². The van der Waals surface area contributed by atoms with Gasteiger partial charge in [0, 0.05) is 38.7 Å². The largest absolute Gasteiger partial charge is 0.441 e. The van der Waals surface area contributed by atoms with Crippen molar-refractivity contribution in [3.63, 3.8) is 0 Å². The van der Waals surface area contributed by atoms with E-state index in [1.165, 1.54) is 0 Å². The molecule has 0 saturated carbocycles. The van der Waals surface area contributed by atoms with Gasteiger partial charge in [0.05, 0.1) is 6.54 Å². The Hall–Kier alpha value is -1.55. The highest BCUT2D eigenvalue weighted by Gasteiger charge is 2.46. The Labute approximate surface area is 107 Å². The maximum absolute atomic E-state index is 12.0. The molecule has 2 saturated heterocycles. The predicted molar refractivity (Wildman–Crippen MR) is 68.1 cm³/mol. The SMILES string of the molecule is [CH]N1CCC2(CC1)CN(c1ccccc1)C(=O)O2. The van der Waals surface area contributed by atoms with Crippen molar-refractivity contribution >= 4 is 11.8 Å². The standard InChI is InChI=1S/C14H16N2O2/c1-15-9-7-14(8-10-15)11-16(13(17)18-14)12-5-3-2-4-6-12/h1-6H,7-11H2. The van der Waals surface area contributed by atoms with Crippen LogP contribution in [0.2, 0.25) is 0 Å². The number of piperidine rings is 1. The van der Waals surface area contributed by atoms with E-state index in [1.54, 1.807) is 9.80 Å². The predicted octanol–water partition coefficient (Wildman–Crippen LogP) is 2.15. The van der Waals surface area contributed by atoms with Crippen LogP contribution in [0.25, 0.3) is 0 Å². The van der Waals surface area contributed by atoms with E-state index in [-0.39, 0.29) is 11.7 Å². The van der Waals surface area contributed by atoms with E-state index >= 15 is 0 Å². The zero-order valence-electron chi connectivity index (χ0n) is 10.2. The van der Waals surface area contributed by atoms with Crippen LogP contribution in [0.5, 0.6) is 0 Å². The van der Waals surface area contributed by atoms with Crippen molar-refractivity contribution in [3.05, 3.63) is 37.4 Å². The first-order chi connectivity index (χ1) is 8.69. The van der Waals surface area contributed by atoms with Gasteiger partial charge in [-0.1, -0.05) is 18.2 Å². The lowest BCUT2D eigenvalue weighted by Crippen LogP contribution is -2.44. The third-order valence-electron chi connectivity index (χ3n) is 3.75. The summed E-state index contributed by atoms with van der Waals surface area (Å²) in [6.45, 7) is 2.18. The number of rotatable bonds is 1. The number of anilines is 1. The van der Waals surface area contributed by atoms with Gasteiger partial charge in [-0.2, -0.15) is 0 Å². The molecule has 1 amide bonds. The number of para-hydroxylation sites is 1. The van der Waals surface area contributed by atoms with Crippen molar-refractivity contribution in [2.45, 2.75) is 18.4 Å². The molecule has 0 unspecified atom stereocenters. The maximum atomic E-state index is 12.0. The van der Waals surface area contributed by atoms with Crippen LogP contribution in [-0.4, -0.2) is 36.2 Å². The molecule has 4 heteroatoms. The Bertz CT molecular complexity index is 438. The Balaban J connectivity index is 1.78. The number of carbonyl (C=O) groups is 1. The summed E-state index contributed by atoms with van der Waals surface area (Å²) in [6, 6.07) is 9.65. The molecule has 0 N–H and O–H groups in total. The summed E-state index contributed by atoms with van der Waals surface area (Å²) in [5, 5.41) is 0. The molecule has 18 heavy (non-hydrogen) atoms. The Morgan fingerprint density at radius 1 is 1.17 bits per heavy atom. The fraction of sp³-hybridized carbons (Fsp3) is 0.429. The van der Waals surface area contributed by atoms with Gasteiger partial charge in [0.2, 0.25) is 0 Å². The van der Waals surface area contributed by atoms with Crippen molar-refractivity contribution in [3.8, 4) is 0 Å². The van der Waals surface area contributed by atoms with Crippen molar-refractivity contribution in [1.82, 2.24) is 4.90 Å². The topological polar surface area (TPSA) is 32.8 Å². The summed E-state index contributed by atoms with van der Waals surface area (Å²) < 4.78 is 5.61. The van der Waals surface area contributed by atoms with E-state index in [2.05, 4.69) is 0 Å². The third kappa shape index (κ3) is 1.97. The molecule has 1 spiro atoms. The molecule has 2 aliphatic heterocycles. The van der Waals surface area contributed by atoms with Gasteiger partial charge in [0.25, 0.3) is 0 Å². The van der Waals surface area contributed by atoms with Crippen LogP contribution in [0.1, 0.15) is 12.8 Å². The zero-order valence-corrected chi connectivity index (χ0v) is 10.2. The van der Waals surface area contributed by atoms with Gasteiger partial charge in [-0.25, -0.2) is 4.79 Å². The second-order valence-corrected chi connectivity index (χ2v) is 5.01. The Kier molecular flexibility index (Phi) is 2.74. The number of ether oxygens (including phenoxy) is 1. The minimum Gasteiger partial charge on any atom is -0.441 e. The minimum absolute atomic E-state index is 0.244. The highest BCUT2D eigenvalue weighted by Crippen LogP contribution is 2.35. The lowest BCUT2D eigenvalue weighted by Gasteiger charge is -2.35. The van der Waals surface area contributed by atoms with Gasteiger partial charge in [0.1, 0.15) is 5.60 Å². The quantitative estimate of drug-likeness (QED) is 0.758. The van der Waals surface area contributed by atoms with Crippen molar-refractivity contribution in [2.24, 2.45) is 0 Å². The summed E-state index contributed by atoms with van der Waals surface area (Å²) in [6.07, 6.45) is 1.36. The highest BCUT2D eigenvalue weighted by molar-refractivity contribution is 5.90. The second kappa shape index (κ2) is 4.28. The smallest absolute Gasteiger partial charge is 0.415 e. The summed E-state index contributed by atoms with van der Waals surface area (Å²) >= 11 is 0. The molecule has 0 aliphatic carbocycles. The van der Waals surface area contributed by atoms with Gasteiger partial charge in [-0.15, -0.1) is 0 Å². The Morgan fingerprint density at radius 2 is 1.83 bits per heavy atom. The number of hydrogen-bond acceptors (Lipinski definition) is 3. The number of amides is 1. The van der Waals surface area contributed by atoms with Crippen LogP contribution in [0, 0.1) is 7.05 Å². The van der Waals surface area contributed by atoms with E-state index in [4.69, 9.17) is 11.8 Å². The molecule has 4 nitrogen and oxygen atoms in total. The zero-order chi connectivity index (χ0) is 12.6. The van der Waals surface area contributed by atoms with E-state index in [0.29, 0.717) is 6.54 Å². The molecule has 0 atom stereocenters. The average Bonchev–Trinajstić information content (AvgIpc) is 2.72. The third-order valence-corrected chi connectivity index (χ3v) is 3.75. The van der Waals surface area contributed by atoms with Crippen molar-refractivity contribution in [2.75, 3.05) is 24.5 Å². The minimum atomic E-state index is -0.344. The van der Waals surface area contributed by atoms with E-state index in [1.807, 2.05) is 30.3 Å². The maximum Gasteiger partial charge on any atom is 0.415 e. The summed E-state index contributed by atoms with van der Waals surface area (Å²) in [5.74, 6) is 0. The van der Waals surface area contributed by atoms with Gasteiger partial charge in [-0.05, 0) is 12.1 Å². The van der Waals surface area contributed by atoms with Crippen molar-refractivity contribution in [1.29, 1.82) is 0 Å². The van der Waals surface area contributed by atoms with E-state index in [0.717, 1.165) is 31.6 Å². The fourth-order valence-corrected chi connectivity index (χ4v) is 2.62. The molecule has 3 rings (SSSR count). The number of carbonyl (C=O) groups excluding carboxylic acids is 1. The summed E-state index contributed by atoms with van der Waals surface area (Å²) in [7, 11) is 5.75. The molecule has 2 fully saturated rings. The monoisotopic (exact) mass is 244 g/mol. The molecule has 1 aromatic rings. The van der Waals surface area contributed by atoms with Gasteiger partial charge >= 0.3 is 6.09 Å². The van der Waals surface area contributed by atoms with Gasteiger partial charge in [0.15, 0.2) is 0 Å². The van der Waals surface area contributed by atoms with Crippen LogP contribution in [0.15, 0.2) is 30.3 Å². The molecule has 2 heterocycles. The lowest BCUT2D eigenvalue weighted by molar-refractivity contribution is 0.0104. The molecule has 1 aromatic carbocycles. The van der Waals surface area contributed by atoms with Crippen LogP contribution in [-0.2, 0) is 4.74 Å². The van der Waals surface area contributed by atoms with Gasteiger partial charge < -0.3 is 4.74 Å². The molecular formula is C14H16N2O2. The van der Waals surface area contributed by atoms with Gasteiger partial charge in [-0.3, -0.25) is 9.80 Å². The first-order valence-electron chi connectivity index (χ1n) is 6.24. The highest BCUT2D eigenvalue weighted by atomic mass is 16.6. The molecule has 0 bridgehead atoms. The number of nitrogens with zero attached hydrogens (tertiary/aromatic N) is 2. The average molecular weight is 244 g/mol. The van der Waals surface area contributed by atoms with Crippen LogP contribution in [0.3, 0.4) is 0 Å². The number of benzene rings is 1. The van der Waals surface area contributed by atoms with Crippen LogP contribution < -0.4 is 4.90 Å². The van der Waals surface area contributed by atoms with E-state index < -0.39 is 0 Å². The van der Waals surface area contributed by atoms with Crippen LogP contribution >= 0.6 is 0 Å². The molecule has 2 aliphatic rings. The Morgan fingerprint density at radius 3 is 2.50 bits per heavy atom. The molecule has 94 valence electrons. The molecular weight excluding hydrogens is 228 g/mol. The first-order valence-corrected chi connectivity index (χ1v) is 6.24. The number of likely N-dealkylation sites (tertiary alicyclic amines) is 1. The summed E-state index contributed by atoms with van der Waals surface area (Å²) in [4.78, 5) is 15.5. The van der Waals surface area contributed by atoms with Crippen molar-refractivity contribution < 1.29 is 9.53 Å². The molecule has 2 radical (unpaired) electrons. The molecule has 0 aromatic heterocycles. The number of hydrogen-bond donors (Lipinski definition) is 0.